The minimum Gasteiger partial charge on any atom is -1.00 e. The second-order valence-electron chi connectivity index (χ2n) is 2.57. The van der Waals surface area contributed by atoms with Gasteiger partial charge in [0.25, 0.3) is 0 Å². The highest BCUT2D eigenvalue weighted by molar-refractivity contribution is 5.56. The van der Waals surface area contributed by atoms with Gasteiger partial charge in [-0.15, -0.1) is 0 Å². The van der Waals surface area contributed by atoms with E-state index in [9.17, 15) is 10.1 Å². The van der Waals surface area contributed by atoms with Gasteiger partial charge in [-0.2, -0.15) is 0 Å². The number of ether oxygens (including phenoxy) is 1. The Hall–Kier alpha value is -1.36. The van der Waals surface area contributed by atoms with Gasteiger partial charge in [0.1, 0.15) is 5.75 Å². The first-order chi connectivity index (χ1) is 6.74. The molecule has 4 nitrogen and oxygen atoms in total. The lowest BCUT2D eigenvalue weighted by Crippen LogP contribution is -3.00. The summed E-state index contributed by atoms with van der Waals surface area (Å²) in [5, 5.41) is 10.1. The molecule has 15 heavy (non-hydrogen) atoms. The molecule has 0 saturated carbocycles. The van der Waals surface area contributed by atoms with Crippen LogP contribution in [0.3, 0.4) is 0 Å². The maximum absolute atomic E-state index is 10.1. The van der Waals surface area contributed by atoms with E-state index in [2.05, 4.69) is 0 Å². The number of rotatable bonds is 4. The Kier molecular flexibility index (Phi) is 6.37. The van der Waals surface area contributed by atoms with E-state index < -0.39 is 4.92 Å². The van der Waals surface area contributed by atoms with Crippen molar-refractivity contribution in [2.24, 2.45) is 0 Å². The molecule has 0 aliphatic carbocycles. The molecule has 0 N–H and O–H groups in total. The average Bonchev–Trinajstić information content (AvgIpc) is 2.17. The van der Waals surface area contributed by atoms with Crippen LogP contribution in [-0.4, -0.2) is 11.5 Å². The lowest BCUT2D eigenvalue weighted by atomic mass is 10.2. The monoisotopic (exact) mass is 272 g/mol. The Morgan fingerprint density at radius 3 is 2.73 bits per heavy atom. The molecule has 0 saturated heterocycles. The first kappa shape index (κ1) is 13.6. The molecule has 0 atom stereocenters. The van der Waals surface area contributed by atoms with Crippen LogP contribution in [0.25, 0.3) is 6.08 Å². The van der Waals surface area contributed by atoms with Gasteiger partial charge in [0, 0.05) is 11.6 Å². The van der Waals surface area contributed by atoms with E-state index in [0.29, 0.717) is 17.9 Å². The van der Waals surface area contributed by atoms with Crippen LogP contribution in [0.2, 0.25) is 0 Å². The maximum Gasteiger partial charge on any atom is 0.235 e. The molecule has 0 aromatic heterocycles. The third-order valence-electron chi connectivity index (χ3n) is 1.59. The molecule has 1 aromatic rings. The molecular formula is C10H11BrNO3-. The van der Waals surface area contributed by atoms with E-state index in [-0.39, 0.29) is 17.0 Å². The normalized spacial score (nSPS) is 9.67. The summed E-state index contributed by atoms with van der Waals surface area (Å²) >= 11 is 0. The third-order valence-corrected chi connectivity index (χ3v) is 1.59. The molecule has 1 aromatic carbocycles. The van der Waals surface area contributed by atoms with Crippen LogP contribution in [0.1, 0.15) is 12.5 Å². The molecule has 0 amide bonds. The number of para-hydroxylation sites is 1. The highest BCUT2D eigenvalue weighted by Crippen LogP contribution is 2.19. The molecule has 0 bridgehead atoms. The van der Waals surface area contributed by atoms with Gasteiger partial charge < -0.3 is 21.7 Å². The molecule has 5 heteroatoms. The van der Waals surface area contributed by atoms with Crippen molar-refractivity contribution in [3.05, 3.63) is 46.1 Å². The number of hydrogen-bond acceptors (Lipinski definition) is 3. The molecule has 82 valence electrons. The van der Waals surface area contributed by atoms with E-state index in [1.807, 2.05) is 19.1 Å². The second kappa shape index (κ2) is 7.00. The zero-order valence-electron chi connectivity index (χ0n) is 8.22. The van der Waals surface area contributed by atoms with Gasteiger partial charge in [-0.1, -0.05) is 18.2 Å². The van der Waals surface area contributed by atoms with Gasteiger partial charge >= 0.3 is 0 Å². The van der Waals surface area contributed by atoms with Gasteiger partial charge in [0.2, 0.25) is 6.20 Å². The summed E-state index contributed by atoms with van der Waals surface area (Å²) < 4.78 is 5.30. The summed E-state index contributed by atoms with van der Waals surface area (Å²) in [5.41, 5.74) is 0.714. The zero-order chi connectivity index (χ0) is 10.4. The standard InChI is InChI=1S/C10H11NO3.BrH/c1-2-14-10-6-4-3-5-9(10)7-8-11(12)13;/h3-8H,2H2,1H3;1H/p-1/b8-7+;. The number of benzene rings is 1. The van der Waals surface area contributed by atoms with Gasteiger partial charge in [-0.05, 0) is 13.0 Å². The van der Waals surface area contributed by atoms with Crippen LogP contribution < -0.4 is 21.7 Å². The van der Waals surface area contributed by atoms with Gasteiger partial charge in [0.15, 0.2) is 0 Å². The molecule has 0 radical (unpaired) electrons. The van der Waals surface area contributed by atoms with Crippen LogP contribution >= 0.6 is 0 Å². The predicted molar refractivity (Wildman–Crippen MR) is 53.6 cm³/mol. The van der Waals surface area contributed by atoms with Crippen molar-refractivity contribution in [3.63, 3.8) is 0 Å². The molecule has 0 heterocycles. The minimum absolute atomic E-state index is 0. The zero-order valence-corrected chi connectivity index (χ0v) is 9.81. The third kappa shape index (κ3) is 4.60. The lowest BCUT2D eigenvalue weighted by Gasteiger charge is -2.04. The first-order valence-electron chi connectivity index (χ1n) is 4.27. The Bertz CT molecular complexity index is 352. The summed E-state index contributed by atoms with van der Waals surface area (Å²) in [5.74, 6) is 0.660. The summed E-state index contributed by atoms with van der Waals surface area (Å²) in [6, 6.07) is 7.19. The number of nitrogens with zero attached hydrogens (tertiary/aromatic N) is 1. The Balaban J connectivity index is 0.00000196. The van der Waals surface area contributed by atoms with Crippen molar-refractivity contribution in [2.45, 2.75) is 6.92 Å². The number of hydrogen-bond donors (Lipinski definition) is 0. The van der Waals surface area contributed by atoms with E-state index in [0.717, 1.165) is 6.20 Å². The Labute approximate surface area is 98.5 Å². The van der Waals surface area contributed by atoms with Crippen molar-refractivity contribution in [1.82, 2.24) is 0 Å². The van der Waals surface area contributed by atoms with E-state index in [1.54, 1.807) is 12.1 Å². The average molecular weight is 273 g/mol. The van der Waals surface area contributed by atoms with E-state index >= 15 is 0 Å². The molecule has 0 aliphatic rings. The SMILES string of the molecule is CCOc1ccccc1/C=C/[N+](=O)[O-].[Br-]. The molecule has 0 fully saturated rings. The molecular weight excluding hydrogens is 262 g/mol. The fourth-order valence-electron chi connectivity index (χ4n) is 1.05. The Morgan fingerprint density at radius 1 is 1.47 bits per heavy atom. The van der Waals surface area contributed by atoms with Gasteiger partial charge in [-0.25, -0.2) is 0 Å². The van der Waals surface area contributed by atoms with Crippen LogP contribution in [-0.2, 0) is 0 Å². The van der Waals surface area contributed by atoms with Gasteiger partial charge in [-0.3, -0.25) is 10.1 Å². The number of halogens is 1. The van der Waals surface area contributed by atoms with Crippen LogP contribution in [0, 0.1) is 10.1 Å². The topological polar surface area (TPSA) is 52.4 Å². The molecule has 1 rings (SSSR count). The van der Waals surface area contributed by atoms with Gasteiger partial charge in [0.05, 0.1) is 11.5 Å². The highest BCUT2D eigenvalue weighted by Gasteiger charge is 1.99. The van der Waals surface area contributed by atoms with E-state index in [1.165, 1.54) is 6.08 Å². The maximum atomic E-state index is 10.1. The summed E-state index contributed by atoms with van der Waals surface area (Å²) in [7, 11) is 0. The predicted octanol–water partition coefficient (Wildman–Crippen LogP) is -0.663. The number of nitro groups is 1. The highest BCUT2D eigenvalue weighted by atomic mass is 79.9. The van der Waals surface area contributed by atoms with Crippen molar-refractivity contribution < 1.29 is 26.6 Å². The fourth-order valence-corrected chi connectivity index (χ4v) is 1.05. The molecule has 0 spiro atoms. The summed E-state index contributed by atoms with van der Waals surface area (Å²) in [6.45, 7) is 2.41. The van der Waals surface area contributed by atoms with Crippen molar-refractivity contribution in [3.8, 4) is 5.75 Å². The van der Waals surface area contributed by atoms with Crippen LogP contribution in [0.4, 0.5) is 0 Å². The van der Waals surface area contributed by atoms with Crippen LogP contribution in [0.15, 0.2) is 30.5 Å². The largest absolute Gasteiger partial charge is 1.00 e. The first-order valence-corrected chi connectivity index (χ1v) is 4.27. The minimum atomic E-state index is -0.497. The smallest absolute Gasteiger partial charge is 0.235 e. The molecule has 0 aliphatic heterocycles. The van der Waals surface area contributed by atoms with Crippen LogP contribution in [0.5, 0.6) is 5.75 Å². The quantitative estimate of drug-likeness (QED) is 0.540. The van der Waals surface area contributed by atoms with Crippen molar-refractivity contribution in [2.75, 3.05) is 6.61 Å². The van der Waals surface area contributed by atoms with E-state index in [4.69, 9.17) is 4.74 Å². The fraction of sp³-hybridized carbons (Fsp3) is 0.200. The second-order valence-corrected chi connectivity index (χ2v) is 2.57. The van der Waals surface area contributed by atoms with Crippen molar-refractivity contribution >= 4 is 6.08 Å². The van der Waals surface area contributed by atoms with Crippen molar-refractivity contribution in [1.29, 1.82) is 0 Å². The molecule has 0 unspecified atom stereocenters. The lowest BCUT2D eigenvalue weighted by molar-refractivity contribution is -0.400. The summed E-state index contributed by atoms with van der Waals surface area (Å²) in [4.78, 5) is 9.62. The summed E-state index contributed by atoms with van der Waals surface area (Å²) in [6.07, 6.45) is 2.32. The Morgan fingerprint density at radius 2 is 2.13 bits per heavy atom.